The lowest BCUT2D eigenvalue weighted by molar-refractivity contribution is -0.137. The van der Waals surface area contributed by atoms with Crippen molar-refractivity contribution in [3.8, 4) is 11.5 Å². The quantitative estimate of drug-likeness (QED) is 0.238. The molecule has 2 aromatic carbocycles. The molecule has 0 radical (unpaired) electrons. The van der Waals surface area contributed by atoms with Gasteiger partial charge < -0.3 is 34.7 Å². The van der Waals surface area contributed by atoms with Crippen LogP contribution in [0.25, 0.3) is 0 Å². The van der Waals surface area contributed by atoms with Crippen LogP contribution in [-0.2, 0) is 19.1 Å². The van der Waals surface area contributed by atoms with Crippen molar-refractivity contribution in [1.82, 2.24) is 10.6 Å². The van der Waals surface area contributed by atoms with Gasteiger partial charge in [-0.2, -0.15) is 0 Å². The molecule has 9 nitrogen and oxygen atoms in total. The number of methoxy groups -OCH3 is 2. The summed E-state index contributed by atoms with van der Waals surface area (Å²) in [6, 6.07) is 15.1. The Bertz CT molecular complexity index is 1190. The molecule has 3 rings (SSSR count). The minimum atomic E-state index is -0.711. The van der Waals surface area contributed by atoms with Crippen molar-refractivity contribution >= 4 is 11.9 Å². The maximum Gasteiger partial charge on any atom is 0.336 e. The molecule has 0 bridgehead atoms. The Labute approximate surface area is 236 Å². The predicted molar refractivity (Wildman–Crippen MR) is 152 cm³/mol. The number of ether oxygens (including phenoxy) is 4. The molecule has 9 heteroatoms. The van der Waals surface area contributed by atoms with E-state index in [1.54, 1.807) is 13.8 Å². The number of carbonyl (C=O) groups is 2. The molecule has 1 unspecified atom stereocenters. The van der Waals surface area contributed by atoms with E-state index in [1.807, 2.05) is 55.5 Å². The highest BCUT2D eigenvalue weighted by atomic mass is 16.5. The lowest BCUT2D eigenvalue weighted by atomic mass is 9.79. The van der Waals surface area contributed by atoms with Gasteiger partial charge in [0.15, 0.2) is 0 Å². The summed E-state index contributed by atoms with van der Waals surface area (Å²) in [7, 11) is 2.64. The first kappa shape index (κ1) is 30.7. The number of aliphatic hydroxyl groups is 1. The molecule has 40 heavy (non-hydrogen) atoms. The van der Waals surface area contributed by atoms with Gasteiger partial charge in [-0.3, -0.25) is 0 Å². The molecule has 1 aliphatic rings. The molecule has 0 aliphatic carbocycles. The molecular formula is C31H40N2O7. The van der Waals surface area contributed by atoms with E-state index in [-0.39, 0.29) is 6.61 Å². The molecule has 1 heterocycles. The Morgan fingerprint density at radius 1 is 0.925 bits per heavy atom. The molecule has 0 fully saturated rings. The number of allylic oxidation sites excluding steroid dienone is 2. The van der Waals surface area contributed by atoms with Crippen molar-refractivity contribution in [2.24, 2.45) is 0 Å². The van der Waals surface area contributed by atoms with Crippen LogP contribution >= 0.6 is 0 Å². The van der Waals surface area contributed by atoms with Gasteiger partial charge in [0.05, 0.1) is 37.9 Å². The first-order chi connectivity index (χ1) is 19.3. The van der Waals surface area contributed by atoms with Gasteiger partial charge in [0.1, 0.15) is 24.2 Å². The van der Waals surface area contributed by atoms with E-state index in [1.165, 1.54) is 14.2 Å². The Balaban J connectivity index is 1.61. The molecule has 216 valence electrons. The van der Waals surface area contributed by atoms with E-state index in [4.69, 9.17) is 18.9 Å². The zero-order chi connectivity index (χ0) is 29.1. The number of esters is 2. The average molecular weight is 553 g/mol. The van der Waals surface area contributed by atoms with Crippen LogP contribution in [-0.4, -0.2) is 63.7 Å². The number of aryl methyl sites for hydroxylation is 1. The van der Waals surface area contributed by atoms with Gasteiger partial charge in [0.2, 0.25) is 0 Å². The van der Waals surface area contributed by atoms with Crippen LogP contribution in [0.5, 0.6) is 11.5 Å². The van der Waals surface area contributed by atoms with E-state index in [0.717, 1.165) is 24.2 Å². The van der Waals surface area contributed by atoms with E-state index >= 15 is 0 Å². The van der Waals surface area contributed by atoms with E-state index in [2.05, 4.69) is 10.6 Å². The third-order valence-corrected chi connectivity index (χ3v) is 6.62. The monoisotopic (exact) mass is 552 g/mol. The van der Waals surface area contributed by atoms with Crippen LogP contribution in [0.4, 0.5) is 0 Å². The van der Waals surface area contributed by atoms with E-state index in [9.17, 15) is 14.7 Å². The number of benzene rings is 2. The summed E-state index contributed by atoms with van der Waals surface area (Å²) in [5.41, 5.74) is 3.55. The van der Waals surface area contributed by atoms with Crippen LogP contribution in [0.15, 0.2) is 71.1 Å². The number of rotatable bonds is 14. The summed E-state index contributed by atoms with van der Waals surface area (Å²) >= 11 is 0. The fourth-order valence-corrected chi connectivity index (χ4v) is 4.66. The van der Waals surface area contributed by atoms with Crippen LogP contribution in [0.1, 0.15) is 43.7 Å². The topological polar surface area (TPSA) is 115 Å². The Kier molecular flexibility index (Phi) is 11.6. The van der Waals surface area contributed by atoms with Gasteiger partial charge in [-0.25, -0.2) is 9.59 Å². The zero-order valence-electron chi connectivity index (χ0n) is 23.9. The Morgan fingerprint density at radius 2 is 1.57 bits per heavy atom. The maximum atomic E-state index is 12.9. The zero-order valence-corrected chi connectivity index (χ0v) is 23.9. The highest BCUT2D eigenvalue weighted by Gasteiger charge is 2.39. The standard InChI is InChI=1S/C31H40N2O7/c1-20-13-14-26(39-16-10-9-15-32-18-23(34)19-40-24-11-7-6-8-12-24)25(17-20)29-27(30(35)37-4)21(2)33-22(3)28(29)31(36)38-5/h6-8,11-14,17,23,29,32-34H,9-10,15-16,18-19H2,1-5H3. The smallest absolute Gasteiger partial charge is 0.336 e. The molecule has 1 aliphatic heterocycles. The summed E-state index contributed by atoms with van der Waals surface area (Å²) in [5, 5.41) is 16.5. The summed E-state index contributed by atoms with van der Waals surface area (Å²) in [5.74, 6) is -0.454. The molecule has 0 spiro atoms. The number of unbranched alkanes of at least 4 members (excludes halogenated alkanes) is 1. The van der Waals surface area contributed by atoms with Crippen LogP contribution in [0.3, 0.4) is 0 Å². The van der Waals surface area contributed by atoms with Gasteiger partial charge in [-0.15, -0.1) is 0 Å². The first-order valence-corrected chi connectivity index (χ1v) is 13.4. The normalized spacial score (nSPS) is 14.4. The van der Waals surface area contributed by atoms with E-state index in [0.29, 0.717) is 53.5 Å². The number of para-hydroxylation sites is 1. The fourth-order valence-electron chi connectivity index (χ4n) is 4.66. The summed E-state index contributed by atoms with van der Waals surface area (Å²) in [4.78, 5) is 25.7. The lowest BCUT2D eigenvalue weighted by Crippen LogP contribution is -2.32. The average Bonchev–Trinajstić information content (AvgIpc) is 2.95. The highest BCUT2D eigenvalue weighted by Crippen LogP contribution is 2.43. The molecule has 1 atom stereocenters. The molecule has 0 aromatic heterocycles. The molecule has 0 amide bonds. The minimum Gasteiger partial charge on any atom is -0.493 e. The summed E-state index contributed by atoms with van der Waals surface area (Å²) in [6.07, 6.45) is 0.984. The highest BCUT2D eigenvalue weighted by molar-refractivity contribution is 6.00. The Morgan fingerprint density at radius 3 is 2.20 bits per heavy atom. The molecule has 3 N–H and O–H groups in total. The second kappa shape index (κ2) is 15.1. The molecular weight excluding hydrogens is 512 g/mol. The number of hydrogen-bond donors (Lipinski definition) is 3. The van der Waals surface area contributed by atoms with Crippen LogP contribution in [0, 0.1) is 6.92 Å². The third-order valence-electron chi connectivity index (χ3n) is 6.62. The van der Waals surface area contributed by atoms with Gasteiger partial charge >= 0.3 is 11.9 Å². The van der Waals surface area contributed by atoms with Gasteiger partial charge in [0, 0.05) is 23.5 Å². The van der Waals surface area contributed by atoms with Crippen molar-refractivity contribution < 1.29 is 33.6 Å². The lowest BCUT2D eigenvalue weighted by Gasteiger charge is -2.31. The van der Waals surface area contributed by atoms with Gasteiger partial charge in [-0.1, -0.05) is 35.9 Å². The van der Waals surface area contributed by atoms with Crippen molar-refractivity contribution in [2.75, 3.05) is 40.5 Å². The Hall–Kier alpha value is -3.82. The van der Waals surface area contributed by atoms with Crippen LogP contribution in [0.2, 0.25) is 0 Å². The fraction of sp³-hybridized carbons (Fsp3) is 0.419. The van der Waals surface area contributed by atoms with E-state index < -0.39 is 24.0 Å². The minimum absolute atomic E-state index is 0.218. The van der Waals surface area contributed by atoms with Crippen LogP contribution < -0.4 is 20.1 Å². The maximum absolute atomic E-state index is 12.9. The van der Waals surface area contributed by atoms with Crippen molar-refractivity contribution in [1.29, 1.82) is 0 Å². The summed E-state index contributed by atoms with van der Waals surface area (Å²) < 4.78 is 21.9. The van der Waals surface area contributed by atoms with Gasteiger partial charge in [-0.05, 0) is 58.4 Å². The first-order valence-electron chi connectivity index (χ1n) is 13.4. The third kappa shape index (κ3) is 8.09. The number of hydrogen-bond acceptors (Lipinski definition) is 9. The van der Waals surface area contributed by atoms with Crippen molar-refractivity contribution in [2.45, 2.75) is 45.6 Å². The second-order valence-electron chi connectivity index (χ2n) is 9.70. The summed E-state index contributed by atoms with van der Waals surface area (Å²) in [6.45, 7) is 7.31. The van der Waals surface area contributed by atoms with Gasteiger partial charge in [0.25, 0.3) is 0 Å². The van der Waals surface area contributed by atoms with Crippen molar-refractivity contribution in [3.05, 3.63) is 82.2 Å². The predicted octanol–water partition coefficient (Wildman–Crippen LogP) is 3.76. The molecule has 0 saturated carbocycles. The number of dihydropyridines is 1. The SMILES string of the molecule is COC(=O)C1=C(C)NC(C)=C(C(=O)OC)C1c1cc(C)ccc1OCCCCNCC(O)COc1ccccc1. The molecule has 2 aromatic rings. The van der Waals surface area contributed by atoms with Crippen molar-refractivity contribution in [3.63, 3.8) is 0 Å². The number of aliphatic hydroxyl groups excluding tert-OH is 1. The second-order valence-corrected chi connectivity index (χ2v) is 9.70. The number of nitrogens with one attached hydrogen (secondary N) is 2. The molecule has 0 saturated heterocycles. The largest absolute Gasteiger partial charge is 0.493 e. The number of carbonyl (C=O) groups excluding carboxylic acids is 2.